The predicted molar refractivity (Wildman–Crippen MR) is 55.5 cm³/mol. The largest absolute Gasteiger partial charge is 0.393 e. The van der Waals surface area contributed by atoms with E-state index in [0.717, 1.165) is 0 Å². The fourth-order valence-electron chi connectivity index (χ4n) is 1.85. The third-order valence-corrected chi connectivity index (χ3v) is 4.52. The highest BCUT2D eigenvalue weighted by atomic mass is 32.2. The SMILES string of the molecule is O=S(=O)(NC1CC(O)C1)N1CCNCC1. The monoisotopic (exact) mass is 235 g/mol. The van der Waals surface area contributed by atoms with Crippen LogP contribution >= 0.6 is 0 Å². The molecule has 15 heavy (non-hydrogen) atoms. The first-order valence-corrected chi connectivity index (χ1v) is 6.68. The Morgan fingerprint density at radius 2 is 1.87 bits per heavy atom. The summed E-state index contributed by atoms with van der Waals surface area (Å²) in [4.78, 5) is 0. The van der Waals surface area contributed by atoms with Crippen molar-refractivity contribution >= 4 is 10.2 Å². The molecule has 1 aliphatic heterocycles. The topological polar surface area (TPSA) is 81.7 Å². The van der Waals surface area contributed by atoms with E-state index in [1.807, 2.05) is 0 Å². The molecule has 0 aromatic rings. The Morgan fingerprint density at radius 1 is 1.27 bits per heavy atom. The minimum Gasteiger partial charge on any atom is -0.393 e. The molecule has 7 heteroatoms. The highest BCUT2D eigenvalue weighted by Gasteiger charge is 2.33. The molecule has 88 valence electrons. The van der Waals surface area contributed by atoms with E-state index in [4.69, 9.17) is 5.11 Å². The van der Waals surface area contributed by atoms with E-state index in [1.165, 1.54) is 4.31 Å². The molecule has 1 aliphatic carbocycles. The second-order valence-corrected chi connectivity index (χ2v) is 5.80. The maximum Gasteiger partial charge on any atom is 0.279 e. The molecular formula is C8H17N3O3S. The number of piperazine rings is 1. The highest BCUT2D eigenvalue weighted by molar-refractivity contribution is 7.87. The Hall–Kier alpha value is -0.210. The minimum atomic E-state index is -3.33. The predicted octanol–water partition coefficient (Wildman–Crippen LogP) is -1.75. The first kappa shape index (κ1) is 11.3. The van der Waals surface area contributed by atoms with Crippen molar-refractivity contribution in [3.63, 3.8) is 0 Å². The maximum absolute atomic E-state index is 11.8. The van der Waals surface area contributed by atoms with Crippen LogP contribution in [0.4, 0.5) is 0 Å². The third kappa shape index (κ3) is 2.67. The van der Waals surface area contributed by atoms with Crippen molar-refractivity contribution in [3.8, 4) is 0 Å². The standard InChI is InChI=1S/C8H17N3O3S/c12-8-5-7(6-8)10-15(13,14)11-3-1-9-2-4-11/h7-10,12H,1-6H2. The molecule has 1 heterocycles. The van der Waals surface area contributed by atoms with Gasteiger partial charge in [0.05, 0.1) is 6.10 Å². The Kier molecular flexibility index (Phi) is 3.27. The van der Waals surface area contributed by atoms with Gasteiger partial charge in [-0.2, -0.15) is 17.4 Å². The zero-order chi connectivity index (χ0) is 10.9. The number of hydrogen-bond acceptors (Lipinski definition) is 4. The number of rotatable bonds is 3. The Morgan fingerprint density at radius 3 is 2.40 bits per heavy atom. The molecule has 1 saturated carbocycles. The van der Waals surface area contributed by atoms with E-state index < -0.39 is 10.2 Å². The highest BCUT2D eigenvalue weighted by Crippen LogP contribution is 2.20. The number of nitrogens with zero attached hydrogens (tertiary/aromatic N) is 1. The van der Waals surface area contributed by atoms with Gasteiger partial charge in [-0.05, 0) is 12.8 Å². The van der Waals surface area contributed by atoms with Gasteiger partial charge in [0.2, 0.25) is 0 Å². The number of aliphatic hydroxyl groups excluding tert-OH is 1. The van der Waals surface area contributed by atoms with E-state index in [1.54, 1.807) is 0 Å². The van der Waals surface area contributed by atoms with Gasteiger partial charge in [0.1, 0.15) is 0 Å². The van der Waals surface area contributed by atoms with Crippen molar-refractivity contribution in [1.82, 2.24) is 14.3 Å². The van der Waals surface area contributed by atoms with Gasteiger partial charge in [-0.25, -0.2) is 0 Å². The Balaban J connectivity index is 1.88. The molecule has 0 aromatic carbocycles. The number of hydrogen-bond donors (Lipinski definition) is 3. The van der Waals surface area contributed by atoms with Crippen LogP contribution in [-0.2, 0) is 10.2 Å². The van der Waals surface area contributed by atoms with Crippen LogP contribution in [0.5, 0.6) is 0 Å². The third-order valence-electron chi connectivity index (χ3n) is 2.84. The molecule has 0 amide bonds. The Labute approximate surface area is 89.8 Å². The van der Waals surface area contributed by atoms with Crippen LogP contribution in [0.3, 0.4) is 0 Å². The molecule has 2 aliphatic rings. The molecule has 0 aromatic heterocycles. The minimum absolute atomic E-state index is 0.0834. The summed E-state index contributed by atoms with van der Waals surface area (Å²) in [6, 6.07) is -0.0834. The molecule has 0 spiro atoms. The summed E-state index contributed by atoms with van der Waals surface area (Å²) >= 11 is 0. The van der Waals surface area contributed by atoms with E-state index in [9.17, 15) is 8.42 Å². The van der Waals surface area contributed by atoms with Crippen LogP contribution in [0.15, 0.2) is 0 Å². The molecule has 0 radical (unpaired) electrons. The van der Waals surface area contributed by atoms with Crippen LogP contribution in [0.2, 0.25) is 0 Å². The molecule has 1 saturated heterocycles. The zero-order valence-electron chi connectivity index (χ0n) is 8.52. The first-order valence-electron chi connectivity index (χ1n) is 5.24. The van der Waals surface area contributed by atoms with Crippen LogP contribution in [-0.4, -0.2) is 56.2 Å². The number of aliphatic hydroxyl groups is 1. The molecule has 6 nitrogen and oxygen atoms in total. The molecule has 2 fully saturated rings. The average molecular weight is 235 g/mol. The van der Waals surface area contributed by atoms with Crippen molar-refractivity contribution in [2.24, 2.45) is 0 Å². The Bertz CT molecular complexity index is 307. The summed E-state index contributed by atoms with van der Waals surface area (Å²) in [6.45, 7) is 2.44. The summed E-state index contributed by atoms with van der Waals surface area (Å²) in [5.74, 6) is 0. The van der Waals surface area contributed by atoms with Crippen LogP contribution in [0.1, 0.15) is 12.8 Å². The van der Waals surface area contributed by atoms with Crippen molar-refractivity contribution in [2.75, 3.05) is 26.2 Å². The second-order valence-electron chi connectivity index (χ2n) is 4.09. The summed E-state index contributed by atoms with van der Waals surface area (Å²) in [5.41, 5.74) is 0. The first-order chi connectivity index (χ1) is 7.08. The summed E-state index contributed by atoms with van der Waals surface area (Å²) in [5, 5.41) is 12.2. The van der Waals surface area contributed by atoms with Crippen molar-refractivity contribution < 1.29 is 13.5 Å². The molecule has 2 rings (SSSR count). The molecule has 3 N–H and O–H groups in total. The summed E-state index contributed by atoms with van der Waals surface area (Å²) in [6.07, 6.45) is 0.733. The lowest BCUT2D eigenvalue weighted by Crippen LogP contribution is -2.55. The van der Waals surface area contributed by atoms with Crippen molar-refractivity contribution in [1.29, 1.82) is 0 Å². The van der Waals surface area contributed by atoms with Gasteiger partial charge in [-0.15, -0.1) is 0 Å². The van der Waals surface area contributed by atoms with Gasteiger partial charge in [0, 0.05) is 32.2 Å². The smallest absolute Gasteiger partial charge is 0.279 e. The lowest BCUT2D eigenvalue weighted by Gasteiger charge is -2.34. The molecule has 0 bridgehead atoms. The van der Waals surface area contributed by atoms with E-state index in [-0.39, 0.29) is 12.1 Å². The van der Waals surface area contributed by atoms with Crippen LogP contribution in [0, 0.1) is 0 Å². The molecule has 0 unspecified atom stereocenters. The summed E-state index contributed by atoms with van der Waals surface area (Å²) < 4.78 is 27.7. The molecular weight excluding hydrogens is 218 g/mol. The average Bonchev–Trinajstić information content (AvgIpc) is 2.17. The number of nitrogens with one attached hydrogen (secondary N) is 2. The van der Waals surface area contributed by atoms with Gasteiger partial charge >= 0.3 is 0 Å². The second kappa shape index (κ2) is 4.34. The van der Waals surface area contributed by atoms with Crippen LogP contribution in [0.25, 0.3) is 0 Å². The fourth-order valence-corrected chi connectivity index (χ4v) is 3.28. The van der Waals surface area contributed by atoms with Gasteiger partial charge in [-0.1, -0.05) is 0 Å². The lowest BCUT2D eigenvalue weighted by atomic mass is 9.91. The van der Waals surface area contributed by atoms with Crippen LogP contribution < -0.4 is 10.0 Å². The zero-order valence-corrected chi connectivity index (χ0v) is 9.33. The maximum atomic E-state index is 11.8. The van der Waals surface area contributed by atoms with Gasteiger partial charge < -0.3 is 10.4 Å². The quantitative estimate of drug-likeness (QED) is 0.542. The van der Waals surface area contributed by atoms with Crippen molar-refractivity contribution in [3.05, 3.63) is 0 Å². The lowest BCUT2D eigenvalue weighted by molar-refractivity contribution is 0.0704. The van der Waals surface area contributed by atoms with E-state index in [2.05, 4.69) is 10.0 Å². The van der Waals surface area contributed by atoms with Gasteiger partial charge in [0.25, 0.3) is 10.2 Å². The normalized spacial score (nSPS) is 33.7. The summed E-state index contributed by atoms with van der Waals surface area (Å²) in [7, 11) is -3.33. The fraction of sp³-hybridized carbons (Fsp3) is 1.00. The van der Waals surface area contributed by atoms with E-state index in [0.29, 0.717) is 39.0 Å². The van der Waals surface area contributed by atoms with Crippen molar-refractivity contribution in [2.45, 2.75) is 25.0 Å². The van der Waals surface area contributed by atoms with E-state index >= 15 is 0 Å². The van der Waals surface area contributed by atoms with Gasteiger partial charge in [0.15, 0.2) is 0 Å². The van der Waals surface area contributed by atoms with Gasteiger partial charge in [-0.3, -0.25) is 0 Å². The molecule has 0 atom stereocenters.